The minimum atomic E-state index is -1.16. The van der Waals surface area contributed by atoms with Gasteiger partial charge in [-0.25, -0.2) is 4.79 Å². The van der Waals surface area contributed by atoms with E-state index in [0.717, 1.165) is 0 Å². The Bertz CT molecular complexity index is 545. The van der Waals surface area contributed by atoms with E-state index in [4.69, 9.17) is 20.7 Å². The van der Waals surface area contributed by atoms with Crippen molar-refractivity contribution in [3.8, 4) is 5.75 Å². The zero-order valence-electron chi connectivity index (χ0n) is 11.3. The molecule has 21 heavy (non-hydrogen) atoms. The molecule has 0 saturated carbocycles. The van der Waals surface area contributed by atoms with Crippen molar-refractivity contribution in [2.24, 2.45) is 5.73 Å². The number of aldehydes is 1. The molecule has 1 aromatic rings. The summed E-state index contributed by atoms with van der Waals surface area (Å²) in [4.78, 5) is 32.5. The number of carbonyl (C=O) groups is 3. The number of aromatic carboxylic acids is 1. The predicted octanol–water partition coefficient (Wildman–Crippen LogP) is 0.175. The molecule has 1 aromatic carbocycles. The summed E-state index contributed by atoms with van der Waals surface area (Å²) in [6, 6.07) is 2.20. The second-order valence-electron chi connectivity index (χ2n) is 4.32. The number of nitrogens with two attached hydrogens (primary N) is 1. The highest BCUT2D eigenvalue weighted by molar-refractivity contribution is 5.89. The number of methoxy groups -OCH3 is 1. The number of carboxylic acid groups (broad SMARTS) is 2. The predicted molar refractivity (Wildman–Crippen MR) is 73.7 cm³/mol. The Balaban J connectivity index is 3.06. The highest BCUT2D eigenvalue weighted by Crippen LogP contribution is 2.22. The van der Waals surface area contributed by atoms with Gasteiger partial charge >= 0.3 is 11.9 Å². The second-order valence-corrected chi connectivity index (χ2v) is 4.32. The average Bonchev–Trinajstić information content (AvgIpc) is 2.44. The number of carboxylic acids is 2. The van der Waals surface area contributed by atoms with Crippen molar-refractivity contribution in [3.63, 3.8) is 0 Å². The van der Waals surface area contributed by atoms with Crippen LogP contribution in [0.25, 0.3) is 0 Å². The molecule has 1 unspecified atom stereocenters. The van der Waals surface area contributed by atoms with Crippen LogP contribution in [0.4, 0.5) is 5.69 Å². The highest BCUT2D eigenvalue weighted by Gasteiger charge is 2.21. The van der Waals surface area contributed by atoms with Gasteiger partial charge in [0.2, 0.25) is 0 Å². The van der Waals surface area contributed by atoms with Crippen LogP contribution in [0.15, 0.2) is 18.2 Å². The molecule has 0 radical (unpaired) electrons. The molecule has 5 N–H and O–H groups in total. The largest absolute Gasteiger partial charge is 0.497 e. The van der Waals surface area contributed by atoms with Crippen molar-refractivity contribution >= 4 is 23.9 Å². The molecule has 8 heteroatoms. The van der Waals surface area contributed by atoms with Gasteiger partial charge in [0.25, 0.3) is 0 Å². The number of nitrogens with one attached hydrogen (secondary N) is 1. The van der Waals surface area contributed by atoms with Gasteiger partial charge in [-0.3, -0.25) is 4.79 Å². The van der Waals surface area contributed by atoms with Crippen LogP contribution in [0.3, 0.4) is 0 Å². The normalized spacial score (nSPS) is 13.0. The van der Waals surface area contributed by atoms with Crippen molar-refractivity contribution in [1.82, 2.24) is 0 Å². The molecule has 8 nitrogen and oxygen atoms in total. The van der Waals surface area contributed by atoms with Gasteiger partial charge in [-0.2, -0.15) is 0 Å². The smallest absolute Gasteiger partial charge is 0.335 e. The maximum atomic E-state index is 11.0. The number of anilines is 1. The first-order chi connectivity index (χ1) is 9.87. The van der Waals surface area contributed by atoms with Gasteiger partial charge in [0.05, 0.1) is 31.2 Å². The van der Waals surface area contributed by atoms with E-state index in [1.54, 1.807) is 0 Å². The summed E-state index contributed by atoms with van der Waals surface area (Å²) in [7, 11) is 1.37. The van der Waals surface area contributed by atoms with E-state index >= 15 is 0 Å². The summed E-state index contributed by atoms with van der Waals surface area (Å²) < 4.78 is 4.97. The number of benzene rings is 1. The zero-order valence-corrected chi connectivity index (χ0v) is 11.3. The average molecular weight is 296 g/mol. The number of hydrogen-bond donors (Lipinski definition) is 4. The number of ether oxygens (including phenoxy) is 1. The molecule has 0 aliphatic heterocycles. The fraction of sp³-hybridized carbons (Fsp3) is 0.308. The van der Waals surface area contributed by atoms with E-state index in [0.29, 0.717) is 12.0 Å². The van der Waals surface area contributed by atoms with Crippen LogP contribution in [0.1, 0.15) is 16.8 Å². The van der Waals surface area contributed by atoms with Gasteiger partial charge in [-0.15, -0.1) is 0 Å². The van der Waals surface area contributed by atoms with Crippen LogP contribution in [0.5, 0.6) is 5.75 Å². The van der Waals surface area contributed by atoms with Gasteiger partial charge in [-0.1, -0.05) is 0 Å². The van der Waals surface area contributed by atoms with Gasteiger partial charge in [-0.05, 0) is 12.1 Å². The maximum absolute atomic E-state index is 11.0. The Labute approximate surface area is 120 Å². The minimum Gasteiger partial charge on any atom is -0.497 e. The van der Waals surface area contributed by atoms with Crippen LogP contribution in [-0.4, -0.2) is 47.6 Å². The molecule has 0 heterocycles. The van der Waals surface area contributed by atoms with Gasteiger partial charge in [0, 0.05) is 11.8 Å². The quantitative estimate of drug-likeness (QED) is 0.498. The van der Waals surface area contributed by atoms with E-state index in [-0.39, 0.29) is 17.7 Å². The Kier molecular flexibility index (Phi) is 5.67. The Hall–Kier alpha value is -2.61. The second kappa shape index (κ2) is 7.25. The zero-order chi connectivity index (χ0) is 16.0. The summed E-state index contributed by atoms with van der Waals surface area (Å²) in [5.74, 6) is -2.01. The van der Waals surface area contributed by atoms with Crippen molar-refractivity contribution in [1.29, 1.82) is 0 Å². The summed E-state index contributed by atoms with van der Waals surface area (Å²) in [5, 5.41) is 20.6. The summed E-state index contributed by atoms with van der Waals surface area (Å²) in [6.45, 7) is 0. The van der Waals surface area contributed by atoms with Crippen molar-refractivity contribution in [2.45, 2.75) is 18.5 Å². The minimum absolute atomic E-state index is 0.0365. The van der Waals surface area contributed by atoms with Crippen LogP contribution in [0.2, 0.25) is 0 Å². The standard InChI is InChI=1S/C13H16N2O6/c1-21-9-3-7(13(19)20)2-8(4-9)15-11(5-12(17)18)10(14)6-16/h2-4,6,10-11,15H,5,14H2,1H3,(H,17,18)(H,19,20)/t10-,11?/m1/s1. The third-order valence-electron chi connectivity index (χ3n) is 2.76. The Morgan fingerprint density at radius 3 is 2.52 bits per heavy atom. The first-order valence-electron chi connectivity index (χ1n) is 5.99. The molecule has 0 saturated heterocycles. The third-order valence-corrected chi connectivity index (χ3v) is 2.76. The molecule has 2 atom stereocenters. The van der Waals surface area contributed by atoms with Crippen LogP contribution >= 0.6 is 0 Å². The lowest BCUT2D eigenvalue weighted by atomic mass is 10.1. The topological polar surface area (TPSA) is 139 Å². The molecular weight excluding hydrogens is 280 g/mol. The van der Waals surface area contributed by atoms with E-state index in [1.807, 2.05) is 0 Å². The number of rotatable bonds is 8. The van der Waals surface area contributed by atoms with E-state index in [1.165, 1.54) is 25.3 Å². The van der Waals surface area contributed by atoms with Crippen LogP contribution in [-0.2, 0) is 9.59 Å². The lowest BCUT2D eigenvalue weighted by molar-refractivity contribution is -0.137. The SMILES string of the molecule is COc1cc(NC(CC(=O)O)[C@H](N)C=O)cc(C(=O)O)c1. The van der Waals surface area contributed by atoms with E-state index < -0.39 is 24.0 Å². The lowest BCUT2D eigenvalue weighted by Crippen LogP contribution is -2.42. The molecular formula is C13H16N2O6. The highest BCUT2D eigenvalue weighted by atomic mass is 16.5. The van der Waals surface area contributed by atoms with Crippen molar-refractivity contribution in [3.05, 3.63) is 23.8 Å². The van der Waals surface area contributed by atoms with E-state index in [2.05, 4.69) is 5.32 Å². The summed E-state index contributed by atoms with van der Waals surface area (Å²) in [5.41, 5.74) is 5.81. The molecule has 0 amide bonds. The number of carbonyl (C=O) groups excluding carboxylic acids is 1. The molecule has 0 fully saturated rings. The summed E-state index contributed by atoms with van der Waals surface area (Å²) >= 11 is 0. The van der Waals surface area contributed by atoms with E-state index in [9.17, 15) is 14.4 Å². The fourth-order valence-corrected chi connectivity index (χ4v) is 1.70. The molecule has 0 aliphatic carbocycles. The summed E-state index contributed by atoms with van der Waals surface area (Å²) in [6.07, 6.45) is 0.0401. The Morgan fingerprint density at radius 2 is 2.05 bits per heavy atom. The molecule has 0 bridgehead atoms. The fourth-order valence-electron chi connectivity index (χ4n) is 1.70. The van der Waals surface area contributed by atoms with Gasteiger partial charge in [0.1, 0.15) is 12.0 Å². The van der Waals surface area contributed by atoms with Crippen molar-refractivity contribution < 1.29 is 29.3 Å². The van der Waals surface area contributed by atoms with Gasteiger partial charge in [0.15, 0.2) is 0 Å². The Morgan fingerprint density at radius 1 is 1.38 bits per heavy atom. The van der Waals surface area contributed by atoms with Crippen LogP contribution < -0.4 is 15.8 Å². The monoisotopic (exact) mass is 296 g/mol. The van der Waals surface area contributed by atoms with Crippen LogP contribution in [0, 0.1) is 0 Å². The van der Waals surface area contributed by atoms with Gasteiger partial charge < -0.3 is 30.8 Å². The molecule has 0 aliphatic rings. The molecule has 0 aromatic heterocycles. The van der Waals surface area contributed by atoms with Crippen molar-refractivity contribution in [2.75, 3.05) is 12.4 Å². The first kappa shape index (κ1) is 16.4. The third kappa shape index (κ3) is 4.77. The molecule has 114 valence electrons. The molecule has 1 rings (SSSR count). The number of aliphatic carboxylic acids is 1. The maximum Gasteiger partial charge on any atom is 0.335 e. The number of hydrogen-bond acceptors (Lipinski definition) is 6. The molecule has 0 spiro atoms. The lowest BCUT2D eigenvalue weighted by Gasteiger charge is -2.21. The first-order valence-corrected chi connectivity index (χ1v) is 5.99.